The summed E-state index contributed by atoms with van der Waals surface area (Å²) in [6.07, 6.45) is 0.860. The number of hydrogen-bond donors (Lipinski definition) is 2. The average Bonchev–Trinajstić information content (AvgIpc) is 2.69. The summed E-state index contributed by atoms with van der Waals surface area (Å²) < 4.78 is 16.1. The molecule has 0 heterocycles. The lowest BCUT2D eigenvalue weighted by molar-refractivity contribution is 0.172. The van der Waals surface area contributed by atoms with Crippen LogP contribution in [0.1, 0.15) is 17.5 Å². The van der Waals surface area contributed by atoms with E-state index in [1.165, 1.54) is 0 Å². The van der Waals surface area contributed by atoms with Crippen molar-refractivity contribution in [2.45, 2.75) is 19.9 Å². The summed E-state index contributed by atoms with van der Waals surface area (Å²) in [5.41, 5.74) is 3.18. The Morgan fingerprint density at radius 2 is 1.93 bits per heavy atom. The first-order valence-corrected chi connectivity index (χ1v) is 8.99. The lowest BCUT2D eigenvalue weighted by Gasteiger charge is -2.14. The number of hydrogen-bond acceptors (Lipinski definition) is 4. The zero-order valence-electron chi connectivity index (χ0n) is 16.5. The van der Waals surface area contributed by atoms with Crippen molar-refractivity contribution in [1.29, 1.82) is 0 Å². The number of methoxy groups -OCH3 is 2. The molecule has 27 heavy (non-hydrogen) atoms. The largest absolute Gasteiger partial charge is 0.496 e. The second-order valence-corrected chi connectivity index (χ2v) is 6.08. The van der Waals surface area contributed by atoms with Crippen molar-refractivity contribution in [3.63, 3.8) is 0 Å². The zero-order valence-corrected chi connectivity index (χ0v) is 16.5. The minimum atomic E-state index is 0.626. The Bertz CT molecular complexity index is 747. The van der Waals surface area contributed by atoms with Gasteiger partial charge in [-0.15, -0.1) is 0 Å². The van der Waals surface area contributed by atoms with E-state index in [9.17, 15) is 0 Å². The summed E-state index contributed by atoms with van der Waals surface area (Å²) in [6, 6.07) is 14.0. The van der Waals surface area contributed by atoms with Crippen molar-refractivity contribution >= 4 is 11.6 Å². The molecule has 0 saturated carbocycles. The molecule has 0 fully saturated rings. The van der Waals surface area contributed by atoms with Crippen LogP contribution in [-0.4, -0.2) is 40.4 Å². The second kappa shape index (κ2) is 11.1. The van der Waals surface area contributed by atoms with Crippen LogP contribution in [0.15, 0.2) is 47.5 Å². The normalized spacial score (nSPS) is 11.2. The molecule has 0 aromatic heterocycles. The summed E-state index contributed by atoms with van der Waals surface area (Å²) in [5, 5.41) is 6.61. The van der Waals surface area contributed by atoms with E-state index in [0.717, 1.165) is 34.7 Å². The molecule has 6 heteroatoms. The van der Waals surface area contributed by atoms with Crippen LogP contribution in [0.4, 0.5) is 5.69 Å². The van der Waals surface area contributed by atoms with Crippen LogP contribution in [0, 0.1) is 6.92 Å². The number of aryl methyl sites for hydroxylation is 1. The highest BCUT2D eigenvalue weighted by molar-refractivity contribution is 5.93. The smallest absolute Gasteiger partial charge is 0.195 e. The molecular formula is C21H29N3O3. The summed E-state index contributed by atoms with van der Waals surface area (Å²) in [5.74, 6) is 2.40. The summed E-state index contributed by atoms with van der Waals surface area (Å²) in [7, 11) is 5.12. The van der Waals surface area contributed by atoms with Crippen LogP contribution in [0.5, 0.6) is 11.5 Å². The van der Waals surface area contributed by atoms with Gasteiger partial charge in [-0.2, -0.15) is 0 Å². The minimum Gasteiger partial charge on any atom is -0.496 e. The Labute approximate surface area is 161 Å². The fourth-order valence-electron chi connectivity index (χ4n) is 2.61. The topological polar surface area (TPSA) is 64.1 Å². The molecule has 0 spiro atoms. The highest BCUT2D eigenvalue weighted by Crippen LogP contribution is 2.19. The maximum Gasteiger partial charge on any atom is 0.195 e. The number of ether oxygens (including phenoxy) is 3. The minimum absolute atomic E-state index is 0.626. The number of guanidine groups is 1. The first-order chi connectivity index (χ1) is 13.2. The molecule has 0 aliphatic rings. The predicted molar refractivity (Wildman–Crippen MR) is 110 cm³/mol. The van der Waals surface area contributed by atoms with Gasteiger partial charge in [0.15, 0.2) is 5.96 Å². The molecule has 6 nitrogen and oxygen atoms in total. The van der Waals surface area contributed by atoms with Crippen molar-refractivity contribution in [3.05, 3.63) is 53.6 Å². The van der Waals surface area contributed by atoms with Gasteiger partial charge in [0.1, 0.15) is 11.5 Å². The molecule has 0 unspecified atom stereocenters. The average molecular weight is 371 g/mol. The lowest BCUT2D eigenvalue weighted by atomic mass is 10.1. The Morgan fingerprint density at radius 3 is 2.63 bits per heavy atom. The van der Waals surface area contributed by atoms with E-state index in [0.29, 0.717) is 25.7 Å². The monoisotopic (exact) mass is 371 g/mol. The van der Waals surface area contributed by atoms with Gasteiger partial charge in [0, 0.05) is 45.5 Å². The van der Waals surface area contributed by atoms with E-state index in [1.807, 2.05) is 43.3 Å². The van der Waals surface area contributed by atoms with E-state index in [4.69, 9.17) is 14.2 Å². The van der Waals surface area contributed by atoms with Crippen LogP contribution in [-0.2, 0) is 11.3 Å². The van der Waals surface area contributed by atoms with E-state index < -0.39 is 0 Å². The van der Waals surface area contributed by atoms with E-state index in [2.05, 4.69) is 21.7 Å². The molecule has 2 rings (SSSR count). The molecule has 0 aliphatic heterocycles. The van der Waals surface area contributed by atoms with Crippen LogP contribution < -0.4 is 20.1 Å². The summed E-state index contributed by atoms with van der Waals surface area (Å²) in [4.78, 5) is 4.28. The fraction of sp³-hybridized carbons (Fsp3) is 0.381. The number of aliphatic imine (C=N–C) groups is 1. The summed E-state index contributed by atoms with van der Waals surface area (Å²) in [6.45, 7) is 4.02. The summed E-state index contributed by atoms with van der Waals surface area (Å²) >= 11 is 0. The van der Waals surface area contributed by atoms with Crippen LogP contribution >= 0.6 is 0 Å². The standard InChI is InChI=1S/C21H29N3O3/c1-16-13-17(9-10-20(16)26-4)15-23-21(22-2)24-18-7-5-8-19(14-18)27-12-6-11-25-3/h5,7-10,13-14H,6,11-12,15H2,1-4H3,(H2,22,23,24). The number of rotatable bonds is 9. The SMILES string of the molecule is CN=C(NCc1ccc(OC)c(C)c1)Nc1cccc(OCCCOC)c1. The molecule has 0 amide bonds. The molecule has 2 N–H and O–H groups in total. The van der Waals surface area contributed by atoms with E-state index >= 15 is 0 Å². The van der Waals surface area contributed by atoms with Crippen molar-refractivity contribution < 1.29 is 14.2 Å². The third-order valence-electron chi connectivity index (χ3n) is 4.00. The van der Waals surface area contributed by atoms with Gasteiger partial charge in [0.05, 0.1) is 13.7 Å². The van der Waals surface area contributed by atoms with Gasteiger partial charge in [0.2, 0.25) is 0 Å². The van der Waals surface area contributed by atoms with Crippen molar-refractivity contribution in [2.24, 2.45) is 4.99 Å². The van der Waals surface area contributed by atoms with Crippen LogP contribution in [0.25, 0.3) is 0 Å². The molecule has 0 bridgehead atoms. The third kappa shape index (κ3) is 6.83. The molecule has 0 saturated heterocycles. The second-order valence-electron chi connectivity index (χ2n) is 6.08. The van der Waals surface area contributed by atoms with Gasteiger partial charge in [-0.25, -0.2) is 0 Å². The van der Waals surface area contributed by atoms with Gasteiger partial charge >= 0.3 is 0 Å². The fourth-order valence-corrected chi connectivity index (χ4v) is 2.61. The van der Waals surface area contributed by atoms with Gasteiger partial charge in [0.25, 0.3) is 0 Å². The van der Waals surface area contributed by atoms with Crippen molar-refractivity contribution in [1.82, 2.24) is 5.32 Å². The molecule has 146 valence electrons. The number of nitrogens with zero attached hydrogens (tertiary/aromatic N) is 1. The van der Waals surface area contributed by atoms with Gasteiger partial charge in [-0.3, -0.25) is 4.99 Å². The van der Waals surface area contributed by atoms with Crippen LogP contribution in [0.2, 0.25) is 0 Å². The molecule has 2 aromatic carbocycles. The molecule has 0 aliphatic carbocycles. The number of anilines is 1. The number of benzene rings is 2. The van der Waals surface area contributed by atoms with E-state index in [1.54, 1.807) is 21.3 Å². The van der Waals surface area contributed by atoms with Gasteiger partial charge in [-0.1, -0.05) is 18.2 Å². The van der Waals surface area contributed by atoms with Gasteiger partial charge in [-0.05, 0) is 36.2 Å². The third-order valence-corrected chi connectivity index (χ3v) is 4.00. The first-order valence-electron chi connectivity index (χ1n) is 8.99. The molecule has 2 aromatic rings. The highest BCUT2D eigenvalue weighted by atomic mass is 16.5. The maximum atomic E-state index is 5.74. The van der Waals surface area contributed by atoms with Crippen LogP contribution in [0.3, 0.4) is 0 Å². The Hall–Kier alpha value is -2.73. The zero-order chi connectivity index (χ0) is 19.5. The number of nitrogens with one attached hydrogen (secondary N) is 2. The predicted octanol–water partition coefficient (Wildman–Crippen LogP) is 3.61. The Morgan fingerprint density at radius 1 is 1.07 bits per heavy atom. The Balaban J connectivity index is 1.90. The van der Waals surface area contributed by atoms with Crippen molar-refractivity contribution in [3.8, 4) is 11.5 Å². The van der Waals surface area contributed by atoms with Gasteiger partial charge < -0.3 is 24.8 Å². The first kappa shape index (κ1) is 20.6. The molecule has 0 radical (unpaired) electrons. The maximum absolute atomic E-state index is 5.74. The van der Waals surface area contributed by atoms with E-state index in [-0.39, 0.29) is 0 Å². The lowest BCUT2D eigenvalue weighted by Crippen LogP contribution is -2.30. The molecule has 0 atom stereocenters. The highest BCUT2D eigenvalue weighted by Gasteiger charge is 2.04. The molecular weight excluding hydrogens is 342 g/mol. The quantitative estimate of drug-likeness (QED) is 0.401. The Kier molecular flexibility index (Phi) is 8.45. The van der Waals surface area contributed by atoms with Crippen molar-refractivity contribution in [2.75, 3.05) is 39.8 Å².